The maximum absolute atomic E-state index is 14.1. The highest BCUT2D eigenvalue weighted by Crippen LogP contribution is 2.41. The van der Waals surface area contributed by atoms with Crippen molar-refractivity contribution in [3.05, 3.63) is 59.3 Å². The van der Waals surface area contributed by atoms with Crippen molar-refractivity contribution in [1.29, 1.82) is 0 Å². The molecule has 2 aromatic carbocycles. The minimum Gasteiger partial charge on any atom is -0.492 e. The molecular formula is C33H41F3N6O7S. The van der Waals surface area contributed by atoms with E-state index in [4.69, 9.17) is 14.2 Å². The van der Waals surface area contributed by atoms with Gasteiger partial charge in [0, 0.05) is 44.0 Å². The summed E-state index contributed by atoms with van der Waals surface area (Å²) in [5.74, 6) is -1.52. The smallest absolute Gasteiger partial charge is 0.419 e. The molecule has 272 valence electrons. The molecule has 0 saturated carbocycles. The Balaban J connectivity index is 1.61. The van der Waals surface area contributed by atoms with Crippen LogP contribution in [0.2, 0.25) is 0 Å². The number of nitrogens with zero attached hydrogens (tertiary/aromatic N) is 4. The number of rotatable bonds is 8. The van der Waals surface area contributed by atoms with Gasteiger partial charge in [0.25, 0.3) is 5.91 Å². The number of hydrogen-bond donors (Lipinski definition) is 2. The normalized spacial score (nSPS) is 14.2. The number of ether oxygens (including phenoxy) is 3. The lowest BCUT2D eigenvalue weighted by atomic mass is 9.86. The molecule has 1 saturated heterocycles. The van der Waals surface area contributed by atoms with Crippen molar-refractivity contribution in [1.82, 2.24) is 14.9 Å². The van der Waals surface area contributed by atoms with Crippen LogP contribution in [0.5, 0.6) is 17.4 Å². The number of alkyl halides is 3. The third-order valence-electron chi connectivity index (χ3n) is 7.30. The molecular weight excluding hydrogens is 681 g/mol. The van der Waals surface area contributed by atoms with Gasteiger partial charge in [-0.2, -0.15) is 18.2 Å². The molecule has 0 bridgehead atoms. The fraction of sp³-hybridized carbons (Fsp3) is 0.455. The summed E-state index contributed by atoms with van der Waals surface area (Å²) < 4.78 is 85.4. The molecule has 4 rings (SSSR count). The van der Waals surface area contributed by atoms with Crippen LogP contribution in [0, 0.1) is 0 Å². The summed E-state index contributed by atoms with van der Waals surface area (Å²) in [6.07, 6.45) is -3.00. The van der Waals surface area contributed by atoms with Gasteiger partial charge < -0.3 is 29.3 Å². The fourth-order valence-corrected chi connectivity index (χ4v) is 5.45. The predicted molar refractivity (Wildman–Crippen MR) is 182 cm³/mol. The first-order valence-corrected chi connectivity index (χ1v) is 17.4. The van der Waals surface area contributed by atoms with Crippen molar-refractivity contribution in [2.75, 3.05) is 54.5 Å². The maximum Gasteiger partial charge on any atom is 0.419 e. The first-order chi connectivity index (χ1) is 23.0. The second kappa shape index (κ2) is 14.2. The summed E-state index contributed by atoms with van der Waals surface area (Å²) in [5.41, 5.74) is -1.68. The SMILES string of the molecule is COc1c(NC(=O)c2ccc(C(F)(F)F)c(Oc3ccnc(N4CCN(C(=O)OC(C)(C)C)CC4)n3)c2)cc(C(C)(C)C)cc1NS(C)(=O)=O. The Bertz CT molecular complexity index is 1850. The lowest BCUT2D eigenvalue weighted by Crippen LogP contribution is -2.50. The van der Waals surface area contributed by atoms with Gasteiger partial charge in [-0.15, -0.1) is 0 Å². The molecule has 2 N–H and O–H groups in total. The summed E-state index contributed by atoms with van der Waals surface area (Å²) >= 11 is 0. The Labute approximate surface area is 289 Å². The average Bonchev–Trinajstić information content (AvgIpc) is 2.98. The molecule has 0 atom stereocenters. The lowest BCUT2D eigenvalue weighted by molar-refractivity contribution is -0.138. The first-order valence-electron chi connectivity index (χ1n) is 15.5. The van der Waals surface area contributed by atoms with E-state index in [-0.39, 0.29) is 34.5 Å². The number of halogens is 3. The van der Waals surface area contributed by atoms with E-state index in [1.165, 1.54) is 19.4 Å². The number of amides is 2. The van der Waals surface area contributed by atoms with Crippen LogP contribution in [-0.2, 0) is 26.4 Å². The summed E-state index contributed by atoms with van der Waals surface area (Å²) in [6, 6.07) is 7.12. The molecule has 0 aliphatic carbocycles. The first kappa shape index (κ1) is 38.0. The van der Waals surface area contributed by atoms with Crippen LogP contribution >= 0.6 is 0 Å². The van der Waals surface area contributed by atoms with Gasteiger partial charge in [0.05, 0.1) is 30.3 Å². The number of hydrogen-bond acceptors (Lipinski definition) is 10. The van der Waals surface area contributed by atoms with Gasteiger partial charge >= 0.3 is 12.3 Å². The molecule has 0 spiro atoms. The molecule has 2 amide bonds. The number of benzene rings is 2. The van der Waals surface area contributed by atoms with Crippen molar-refractivity contribution in [3.63, 3.8) is 0 Å². The Morgan fingerprint density at radius 3 is 2.12 bits per heavy atom. The van der Waals surface area contributed by atoms with Gasteiger partial charge in [-0.05, 0) is 62.1 Å². The summed E-state index contributed by atoms with van der Waals surface area (Å²) in [4.78, 5) is 37.8. The van der Waals surface area contributed by atoms with Gasteiger partial charge in [-0.1, -0.05) is 20.8 Å². The van der Waals surface area contributed by atoms with E-state index in [0.29, 0.717) is 31.7 Å². The molecule has 1 aromatic heterocycles. The summed E-state index contributed by atoms with van der Waals surface area (Å²) in [6.45, 7) is 12.3. The van der Waals surface area contributed by atoms with Crippen LogP contribution in [0.4, 0.5) is 35.3 Å². The molecule has 13 nitrogen and oxygen atoms in total. The Morgan fingerprint density at radius 1 is 0.920 bits per heavy atom. The van der Waals surface area contributed by atoms with Crippen LogP contribution in [-0.4, -0.2) is 80.4 Å². The largest absolute Gasteiger partial charge is 0.492 e. The molecule has 1 aliphatic rings. The second-order valence-corrected chi connectivity index (χ2v) is 15.4. The summed E-state index contributed by atoms with van der Waals surface area (Å²) in [7, 11) is -2.46. The molecule has 1 fully saturated rings. The minimum atomic E-state index is -4.84. The minimum absolute atomic E-state index is 0.000558. The Hall–Kier alpha value is -4.80. The molecule has 3 aromatic rings. The van der Waals surface area contributed by atoms with Gasteiger partial charge in [0.1, 0.15) is 11.4 Å². The zero-order valence-electron chi connectivity index (χ0n) is 29.1. The topological polar surface area (TPSA) is 152 Å². The van der Waals surface area contributed by atoms with Crippen molar-refractivity contribution < 1.29 is 45.4 Å². The number of carbonyl (C=O) groups excluding carboxylic acids is 2. The Kier molecular flexibility index (Phi) is 10.8. The highest BCUT2D eigenvalue weighted by Gasteiger charge is 2.35. The van der Waals surface area contributed by atoms with Gasteiger partial charge in [0.2, 0.25) is 21.9 Å². The predicted octanol–water partition coefficient (Wildman–Crippen LogP) is 6.27. The number of anilines is 3. The quantitative estimate of drug-likeness (QED) is 0.272. The fourth-order valence-electron chi connectivity index (χ4n) is 4.90. The van der Waals surface area contributed by atoms with Crippen LogP contribution in [0.1, 0.15) is 63.0 Å². The zero-order chi connectivity index (χ0) is 37.2. The number of piperazine rings is 1. The van der Waals surface area contributed by atoms with E-state index in [0.717, 1.165) is 24.5 Å². The van der Waals surface area contributed by atoms with Gasteiger partial charge in [-0.3, -0.25) is 9.52 Å². The molecule has 50 heavy (non-hydrogen) atoms. The van der Waals surface area contributed by atoms with E-state index in [1.807, 2.05) is 20.8 Å². The molecule has 2 heterocycles. The second-order valence-electron chi connectivity index (χ2n) is 13.6. The third kappa shape index (κ3) is 9.89. The van der Waals surface area contributed by atoms with E-state index in [9.17, 15) is 31.2 Å². The van der Waals surface area contributed by atoms with E-state index >= 15 is 0 Å². The van der Waals surface area contributed by atoms with Gasteiger partial charge in [-0.25, -0.2) is 18.2 Å². The number of sulfonamides is 1. The number of methoxy groups -OCH3 is 1. The monoisotopic (exact) mass is 722 g/mol. The van der Waals surface area contributed by atoms with Crippen molar-refractivity contribution in [3.8, 4) is 17.4 Å². The van der Waals surface area contributed by atoms with Crippen LogP contribution in [0.3, 0.4) is 0 Å². The van der Waals surface area contributed by atoms with Crippen molar-refractivity contribution >= 4 is 39.3 Å². The van der Waals surface area contributed by atoms with E-state index < -0.39 is 50.5 Å². The highest BCUT2D eigenvalue weighted by molar-refractivity contribution is 7.92. The highest BCUT2D eigenvalue weighted by atomic mass is 32.2. The average molecular weight is 723 g/mol. The van der Waals surface area contributed by atoms with Crippen LogP contribution in [0.25, 0.3) is 0 Å². The van der Waals surface area contributed by atoms with Gasteiger partial charge in [0.15, 0.2) is 5.75 Å². The molecule has 0 radical (unpaired) electrons. The lowest BCUT2D eigenvalue weighted by Gasteiger charge is -2.35. The molecule has 17 heteroatoms. The van der Waals surface area contributed by atoms with E-state index in [2.05, 4.69) is 20.0 Å². The number of aromatic nitrogens is 2. The maximum atomic E-state index is 14.1. The third-order valence-corrected chi connectivity index (χ3v) is 7.89. The van der Waals surface area contributed by atoms with Crippen molar-refractivity contribution in [2.45, 2.75) is 58.7 Å². The number of carbonyl (C=O) groups is 2. The Morgan fingerprint density at radius 2 is 1.56 bits per heavy atom. The van der Waals surface area contributed by atoms with Crippen molar-refractivity contribution in [2.24, 2.45) is 0 Å². The molecule has 1 aliphatic heterocycles. The zero-order valence-corrected chi connectivity index (χ0v) is 29.9. The standard InChI is InChI=1S/C33H41F3N6O7S/c1-31(2,3)21-18-23(27(47-7)24(19-21)40-50(8,45)46)38-28(43)20-9-10-22(33(34,35)36)25(17-20)48-26-11-12-37-29(39-26)41-13-15-42(16-14-41)30(44)49-32(4,5)6/h9-12,17-19,40H,13-16H2,1-8H3,(H,38,43). The van der Waals surface area contributed by atoms with Crippen LogP contribution in [0.15, 0.2) is 42.6 Å². The van der Waals surface area contributed by atoms with E-state index in [1.54, 1.807) is 42.7 Å². The van der Waals surface area contributed by atoms with Crippen LogP contribution < -0.4 is 24.4 Å². The number of nitrogens with one attached hydrogen (secondary N) is 2. The summed E-state index contributed by atoms with van der Waals surface area (Å²) in [5, 5.41) is 2.64. The molecule has 0 unspecified atom stereocenters.